The first-order chi connectivity index (χ1) is 12.5. The Kier molecular flexibility index (Phi) is 4.54. The maximum atomic E-state index is 5.73. The number of nitrogens with zero attached hydrogens (tertiary/aromatic N) is 3. The summed E-state index contributed by atoms with van der Waals surface area (Å²) in [5, 5.41) is 4.20. The normalized spacial score (nSPS) is 19.7. The minimum absolute atomic E-state index is 0.00458. The van der Waals surface area contributed by atoms with Crippen LogP contribution in [0.3, 0.4) is 0 Å². The molecule has 1 aliphatic heterocycles. The van der Waals surface area contributed by atoms with Crippen LogP contribution in [0.15, 0.2) is 65.5 Å². The van der Waals surface area contributed by atoms with E-state index in [1.807, 2.05) is 31.4 Å². The number of aromatic nitrogens is 2. The van der Waals surface area contributed by atoms with E-state index >= 15 is 0 Å². The molecule has 132 valence electrons. The number of thiocarbonyl (C=S) groups is 1. The lowest BCUT2D eigenvalue weighted by molar-refractivity contribution is 0.567. The van der Waals surface area contributed by atoms with Crippen molar-refractivity contribution in [3.63, 3.8) is 0 Å². The molecule has 0 unspecified atom stereocenters. The molecule has 3 heterocycles. The summed E-state index contributed by atoms with van der Waals surface area (Å²) in [6.45, 7) is 2.09. The predicted molar refractivity (Wildman–Crippen MR) is 112 cm³/mol. The third kappa shape index (κ3) is 3.04. The molecule has 0 amide bonds. The van der Waals surface area contributed by atoms with Gasteiger partial charge in [0.15, 0.2) is 5.11 Å². The summed E-state index contributed by atoms with van der Waals surface area (Å²) in [7, 11) is 2.04. The predicted octanol–water partition coefficient (Wildman–Crippen LogP) is 4.67. The van der Waals surface area contributed by atoms with Crippen molar-refractivity contribution in [1.82, 2.24) is 14.9 Å². The molecular formula is C20H19BrN4S. The topological polar surface area (TPSA) is 33.1 Å². The molecule has 6 heteroatoms. The Bertz CT molecular complexity index is 953. The SMILES string of the molecule is Cc1cc(N2C(=S)N[C@H](c3ccccn3)[C@H]2c2ccn(C)c2)ccc1Br. The maximum Gasteiger partial charge on any atom is 0.174 e. The second kappa shape index (κ2) is 6.85. The van der Waals surface area contributed by atoms with E-state index in [2.05, 4.69) is 79.3 Å². The van der Waals surface area contributed by atoms with E-state index in [0.717, 1.165) is 21.0 Å². The largest absolute Gasteiger partial charge is 0.357 e. The number of hydrogen-bond acceptors (Lipinski definition) is 2. The standard InChI is InChI=1S/C20H19BrN4S/c1-13-11-15(6-7-16(13)21)25-19(14-8-10-24(2)12-14)18(23-20(25)26)17-5-3-4-9-22-17/h3-12,18-19H,1-2H3,(H,23,26)/t18-,19-/m1/s1. The Balaban J connectivity index is 1.83. The molecule has 2 aromatic heterocycles. The number of aryl methyl sites for hydroxylation is 2. The number of nitrogens with one attached hydrogen (secondary N) is 1. The van der Waals surface area contributed by atoms with Crippen molar-refractivity contribution in [2.24, 2.45) is 7.05 Å². The molecule has 0 saturated carbocycles. The smallest absolute Gasteiger partial charge is 0.174 e. The number of pyridine rings is 1. The van der Waals surface area contributed by atoms with Gasteiger partial charge < -0.3 is 14.8 Å². The molecule has 1 saturated heterocycles. The molecule has 1 aliphatic rings. The van der Waals surface area contributed by atoms with Gasteiger partial charge in [0.2, 0.25) is 0 Å². The van der Waals surface area contributed by atoms with E-state index in [9.17, 15) is 0 Å². The second-order valence-electron chi connectivity index (χ2n) is 6.54. The summed E-state index contributed by atoms with van der Waals surface area (Å²) in [5.41, 5.74) is 4.45. The number of benzene rings is 1. The van der Waals surface area contributed by atoms with E-state index in [0.29, 0.717) is 0 Å². The molecule has 3 aromatic rings. The molecular weight excluding hydrogens is 408 g/mol. The fourth-order valence-electron chi connectivity index (χ4n) is 3.45. The first-order valence-electron chi connectivity index (χ1n) is 8.43. The molecule has 0 radical (unpaired) electrons. The summed E-state index contributed by atoms with van der Waals surface area (Å²) in [6.07, 6.45) is 6.04. The van der Waals surface area contributed by atoms with E-state index < -0.39 is 0 Å². The van der Waals surface area contributed by atoms with Crippen LogP contribution in [0.2, 0.25) is 0 Å². The Morgan fingerprint density at radius 3 is 2.69 bits per heavy atom. The van der Waals surface area contributed by atoms with Crippen molar-refractivity contribution < 1.29 is 0 Å². The van der Waals surface area contributed by atoms with E-state index in [4.69, 9.17) is 12.2 Å². The monoisotopic (exact) mass is 426 g/mol. The zero-order valence-corrected chi connectivity index (χ0v) is 17.0. The minimum atomic E-state index is -0.00458. The van der Waals surface area contributed by atoms with Gasteiger partial charge in [-0.3, -0.25) is 4.98 Å². The van der Waals surface area contributed by atoms with Gasteiger partial charge in [0, 0.05) is 35.8 Å². The van der Waals surface area contributed by atoms with Crippen molar-refractivity contribution in [2.45, 2.75) is 19.0 Å². The third-order valence-electron chi connectivity index (χ3n) is 4.71. The number of hydrogen-bond donors (Lipinski definition) is 1. The quantitative estimate of drug-likeness (QED) is 0.616. The van der Waals surface area contributed by atoms with Gasteiger partial charge in [-0.25, -0.2) is 0 Å². The van der Waals surface area contributed by atoms with Crippen LogP contribution in [0, 0.1) is 6.92 Å². The van der Waals surface area contributed by atoms with Crippen LogP contribution in [0.5, 0.6) is 0 Å². The molecule has 0 bridgehead atoms. The third-order valence-corrected chi connectivity index (χ3v) is 5.92. The lowest BCUT2D eigenvalue weighted by Gasteiger charge is -2.27. The highest BCUT2D eigenvalue weighted by molar-refractivity contribution is 9.10. The summed E-state index contributed by atoms with van der Waals surface area (Å²) in [5.74, 6) is 0. The van der Waals surface area contributed by atoms with Crippen LogP contribution in [0.25, 0.3) is 0 Å². The van der Waals surface area contributed by atoms with Crippen LogP contribution >= 0.6 is 28.1 Å². The molecule has 4 rings (SSSR count). The van der Waals surface area contributed by atoms with Gasteiger partial charge in [-0.05, 0) is 66.7 Å². The van der Waals surface area contributed by atoms with Gasteiger partial charge in [-0.1, -0.05) is 22.0 Å². The van der Waals surface area contributed by atoms with Crippen LogP contribution in [-0.2, 0) is 7.05 Å². The van der Waals surface area contributed by atoms with E-state index in [1.165, 1.54) is 11.1 Å². The lowest BCUT2D eigenvalue weighted by Crippen LogP contribution is -2.29. The van der Waals surface area contributed by atoms with Crippen molar-refractivity contribution >= 4 is 38.9 Å². The van der Waals surface area contributed by atoms with Crippen molar-refractivity contribution in [3.8, 4) is 0 Å². The fourth-order valence-corrected chi connectivity index (χ4v) is 4.04. The van der Waals surface area contributed by atoms with Gasteiger partial charge in [0.05, 0.1) is 17.8 Å². The average molecular weight is 427 g/mol. The number of anilines is 1. The molecule has 4 nitrogen and oxygen atoms in total. The molecule has 0 spiro atoms. The lowest BCUT2D eigenvalue weighted by atomic mass is 9.98. The first-order valence-corrected chi connectivity index (χ1v) is 9.63. The molecule has 2 atom stereocenters. The highest BCUT2D eigenvalue weighted by Crippen LogP contribution is 2.42. The van der Waals surface area contributed by atoms with Crippen LogP contribution in [0.1, 0.15) is 28.9 Å². The van der Waals surface area contributed by atoms with Crippen molar-refractivity contribution in [2.75, 3.05) is 4.90 Å². The van der Waals surface area contributed by atoms with E-state index in [1.54, 1.807) is 0 Å². The van der Waals surface area contributed by atoms with Gasteiger partial charge >= 0.3 is 0 Å². The highest BCUT2D eigenvalue weighted by Gasteiger charge is 2.41. The Morgan fingerprint density at radius 1 is 1.19 bits per heavy atom. The van der Waals surface area contributed by atoms with Crippen LogP contribution in [0.4, 0.5) is 5.69 Å². The van der Waals surface area contributed by atoms with E-state index in [-0.39, 0.29) is 12.1 Å². The molecule has 26 heavy (non-hydrogen) atoms. The summed E-state index contributed by atoms with van der Waals surface area (Å²) < 4.78 is 3.16. The van der Waals surface area contributed by atoms with Crippen LogP contribution in [-0.4, -0.2) is 14.7 Å². The Labute approximate surface area is 167 Å². The fraction of sp³-hybridized carbons (Fsp3) is 0.200. The first kappa shape index (κ1) is 17.2. The zero-order chi connectivity index (χ0) is 18.3. The van der Waals surface area contributed by atoms with Crippen molar-refractivity contribution in [3.05, 3.63) is 82.3 Å². The van der Waals surface area contributed by atoms with Gasteiger partial charge in [0.25, 0.3) is 0 Å². The Morgan fingerprint density at radius 2 is 2.04 bits per heavy atom. The summed E-state index contributed by atoms with van der Waals surface area (Å²) in [6, 6.07) is 14.5. The van der Waals surface area contributed by atoms with Gasteiger partial charge in [0.1, 0.15) is 0 Å². The minimum Gasteiger partial charge on any atom is -0.357 e. The van der Waals surface area contributed by atoms with Gasteiger partial charge in [-0.2, -0.15) is 0 Å². The maximum absolute atomic E-state index is 5.73. The molecule has 1 N–H and O–H groups in total. The second-order valence-corrected chi connectivity index (χ2v) is 7.78. The Hall–Kier alpha value is -2.18. The number of halogens is 1. The average Bonchev–Trinajstić information content (AvgIpc) is 3.21. The van der Waals surface area contributed by atoms with Crippen molar-refractivity contribution in [1.29, 1.82) is 0 Å². The molecule has 1 aromatic carbocycles. The highest BCUT2D eigenvalue weighted by atomic mass is 79.9. The zero-order valence-electron chi connectivity index (χ0n) is 14.6. The summed E-state index contributed by atoms with van der Waals surface area (Å²) in [4.78, 5) is 6.77. The number of rotatable bonds is 3. The summed E-state index contributed by atoms with van der Waals surface area (Å²) >= 11 is 9.31. The molecule has 0 aliphatic carbocycles. The van der Waals surface area contributed by atoms with Crippen LogP contribution < -0.4 is 10.2 Å². The molecule has 1 fully saturated rings. The van der Waals surface area contributed by atoms with Gasteiger partial charge in [-0.15, -0.1) is 0 Å².